The zero-order chi connectivity index (χ0) is 15.9. The highest BCUT2D eigenvalue weighted by molar-refractivity contribution is 9.10. The summed E-state index contributed by atoms with van der Waals surface area (Å²) in [6.07, 6.45) is 2.34. The highest BCUT2D eigenvalue weighted by Crippen LogP contribution is 2.23. The van der Waals surface area contributed by atoms with Gasteiger partial charge in [0.2, 0.25) is 5.91 Å². The molecule has 0 saturated heterocycles. The molecule has 2 rings (SSSR count). The highest BCUT2D eigenvalue weighted by Gasteiger charge is 2.08. The second-order valence-electron chi connectivity index (χ2n) is 4.87. The van der Waals surface area contributed by atoms with Crippen molar-refractivity contribution in [3.8, 4) is 0 Å². The molecule has 0 unspecified atom stereocenters. The zero-order valence-electron chi connectivity index (χ0n) is 12.2. The number of nitrogens with one attached hydrogen (secondary N) is 2. The lowest BCUT2D eigenvalue weighted by molar-refractivity contribution is -0.116. The van der Waals surface area contributed by atoms with Gasteiger partial charge < -0.3 is 15.1 Å². The summed E-state index contributed by atoms with van der Waals surface area (Å²) in [7, 11) is 0. The van der Waals surface area contributed by atoms with Gasteiger partial charge in [0.05, 0.1) is 12.0 Å². The van der Waals surface area contributed by atoms with Crippen molar-refractivity contribution in [1.29, 1.82) is 0 Å². The van der Waals surface area contributed by atoms with Gasteiger partial charge in [-0.05, 0) is 59.1 Å². The van der Waals surface area contributed by atoms with Crippen LogP contribution in [-0.2, 0) is 4.79 Å². The molecule has 1 aromatic carbocycles. The molecule has 0 fully saturated rings. The number of amides is 2. The molecule has 0 saturated carbocycles. The fraction of sp³-hybridized carbons (Fsp3) is 0.250. The Labute approximate surface area is 137 Å². The van der Waals surface area contributed by atoms with Gasteiger partial charge >= 0.3 is 0 Å². The van der Waals surface area contributed by atoms with Crippen LogP contribution >= 0.6 is 15.9 Å². The molecule has 6 heteroatoms. The van der Waals surface area contributed by atoms with E-state index >= 15 is 0 Å². The quantitative estimate of drug-likeness (QED) is 0.770. The Balaban J connectivity index is 1.71. The molecule has 1 aromatic heterocycles. The Morgan fingerprint density at radius 2 is 2.09 bits per heavy atom. The van der Waals surface area contributed by atoms with E-state index in [0.29, 0.717) is 19.4 Å². The Morgan fingerprint density at radius 3 is 2.77 bits per heavy atom. The van der Waals surface area contributed by atoms with Crippen molar-refractivity contribution in [3.05, 3.63) is 52.4 Å². The van der Waals surface area contributed by atoms with Gasteiger partial charge in [-0.3, -0.25) is 9.59 Å². The third kappa shape index (κ3) is 4.73. The first-order chi connectivity index (χ1) is 10.6. The Morgan fingerprint density at radius 1 is 1.27 bits per heavy atom. The smallest absolute Gasteiger partial charge is 0.286 e. The average molecular weight is 365 g/mol. The minimum Gasteiger partial charge on any atom is -0.459 e. The van der Waals surface area contributed by atoms with E-state index in [0.717, 1.165) is 15.7 Å². The maximum atomic E-state index is 11.9. The largest absolute Gasteiger partial charge is 0.459 e. The number of carbonyl (C=O) groups is 2. The monoisotopic (exact) mass is 364 g/mol. The van der Waals surface area contributed by atoms with Gasteiger partial charge in [0.15, 0.2) is 5.76 Å². The van der Waals surface area contributed by atoms with Crippen LogP contribution in [0.3, 0.4) is 0 Å². The summed E-state index contributed by atoms with van der Waals surface area (Å²) in [6, 6.07) is 8.98. The van der Waals surface area contributed by atoms with Crippen molar-refractivity contribution in [1.82, 2.24) is 5.32 Å². The first-order valence-electron chi connectivity index (χ1n) is 6.94. The molecular weight excluding hydrogens is 348 g/mol. The molecule has 0 bridgehead atoms. The molecule has 2 amide bonds. The number of rotatable bonds is 6. The molecule has 2 aromatic rings. The second-order valence-corrected chi connectivity index (χ2v) is 5.72. The summed E-state index contributed by atoms with van der Waals surface area (Å²) < 4.78 is 5.83. The van der Waals surface area contributed by atoms with Crippen molar-refractivity contribution < 1.29 is 14.0 Å². The second kappa shape index (κ2) is 7.79. The molecule has 0 aliphatic carbocycles. The van der Waals surface area contributed by atoms with Gasteiger partial charge in [-0.2, -0.15) is 0 Å². The van der Waals surface area contributed by atoms with Gasteiger partial charge in [0.25, 0.3) is 5.91 Å². The standard InChI is InChI=1S/C16H17BrN2O3/c1-11-6-7-13(12(17)10-11)19-15(20)5-2-8-18-16(21)14-4-3-9-22-14/h3-4,6-7,9-10H,2,5,8H2,1H3,(H,18,21)(H,19,20). The Hall–Kier alpha value is -2.08. The minimum absolute atomic E-state index is 0.0863. The SMILES string of the molecule is Cc1ccc(NC(=O)CCCNC(=O)c2ccco2)c(Br)c1. The van der Waals surface area contributed by atoms with Crippen LogP contribution in [-0.4, -0.2) is 18.4 Å². The van der Waals surface area contributed by atoms with Crippen molar-refractivity contribution in [3.63, 3.8) is 0 Å². The summed E-state index contributed by atoms with van der Waals surface area (Å²) in [4.78, 5) is 23.5. The van der Waals surface area contributed by atoms with E-state index < -0.39 is 0 Å². The third-order valence-electron chi connectivity index (χ3n) is 3.01. The van der Waals surface area contributed by atoms with Crippen LogP contribution in [0, 0.1) is 6.92 Å². The predicted octanol–water partition coefficient (Wildman–Crippen LogP) is 3.50. The van der Waals surface area contributed by atoms with Gasteiger partial charge in [0.1, 0.15) is 0 Å². The lowest BCUT2D eigenvalue weighted by atomic mass is 10.2. The molecule has 116 valence electrons. The van der Waals surface area contributed by atoms with Crippen molar-refractivity contribution in [2.24, 2.45) is 0 Å². The van der Waals surface area contributed by atoms with E-state index in [1.54, 1.807) is 12.1 Å². The number of carbonyl (C=O) groups excluding carboxylic acids is 2. The molecule has 0 aliphatic rings. The van der Waals surface area contributed by atoms with Crippen LogP contribution < -0.4 is 10.6 Å². The maximum absolute atomic E-state index is 11.9. The topological polar surface area (TPSA) is 71.3 Å². The molecule has 0 aliphatic heterocycles. The summed E-state index contributed by atoms with van der Waals surface area (Å²) in [5.41, 5.74) is 1.86. The first-order valence-corrected chi connectivity index (χ1v) is 7.73. The molecule has 2 N–H and O–H groups in total. The molecule has 1 heterocycles. The van der Waals surface area contributed by atoms with E-state index in [-0.39, 0.29) is 17.6 Å². The normalized spacial score (nSPS) is 10.3. The lowest BCUT2D eigenvalue weighted by Crippen LogP contribution is -2.25. The van der Waals surface area contributed by atoms with E-state index in [9.17, 15) is 9.59 Å². The number of halogens is 1. The molecule has 0 spiro atoms. The fourth-order valence-electron chi connectivity index (χ4n) is 1.88. The highest BCUT2D eigenvalue weighted by atomic mass is 79.9. The van der Waals surface area contributed by atoms with Crippen LogP contribution in [0.15, 0.2) is 45.5 Å². The summed E-state index contributed by atoms with van der Waals surface area (Å²) in [5.74, 6) is -0.0866. The zero-order valence-corrected chi connectivity index (χ0v) is 13.8. The van der Waals surface area contributed by atoms with E-state index in [1.807, 2.05) is 25.1 Å². The number of anilines is 1. The van der Waals surface area contributed by atoms with E-state index in [4.69, 9.17) is 4.42 Å². The third-order valence-corrected chi connectivity index (χ3v) is 3.67. The molecule has 0 atom stereocenters. The van der Waals surface area contributed by atoms with Crippen molar-refractivity contribution >= 4 is 33.4 Å². The number of hydrogen-bond donors (Lipinski definition) is 2. The Kier molecular flexibility index (Phi) is 5.77. The van der Waals surface area contributed by atoms with E-state index in [1.165, 1.54) is 6.26 Å². The average Bonchev–Trinajstić information content (AvgIpc) is 3.01. The molecule has 22 heavy (non-hydrogen) atoms. The summed E-state index contributed by atoms with van der Waals surface area (Å²) in [5, 5.41) is 5.54. The summed E-state index contributed by atoms with van der Waals surface area (Å²) >= 11 is 3.42. The van der Waals surface area contributed by atoms with Crippen molar-refractivity contribution in [2.75, 3.05) is 11.9 Å². The lowest BCUT2D eigenvalue weighted by Gasteiger charge is -2.08. The van der Waals surface area contributed by atoms with Crippen LogP contribution in [0.25, 0.3) is 0 Å². The van der Waals surface area contributed by atoms with Crippen LogP contribution in [0.4, 0.5) is 5.69 Å². The minimum atomic E-state index is -0.272. The van der Waals surface area contributed by atoms with Crippen LogP contribution in [0.1, 0.15) is 29.0 Å². The van der Waals surface area contributed by atoms with Crippen molar-refractivity contribution in [2.45, 2.75) is 19.8 Å². The number of furan rings is 1. The Bertz CT molecular complexity index is 653. The number of aryl methyl sites for hydroxylation is 1. The van der Waals surface area contributed by atoms with Gasteiger partial charge in [-0.15, -0.1) is 0 Å². The predicted molar refractivity (Wildman–Crippen MR) is 87.8 cm³/mol. The maximum Gasteiger partial charge on any atom is 0.286 e. The van der Waals surface area contributed by atoms with Crippen LogP contribution in [0.2, 0.25) is 0 Å². The number of hydrogen-bond acceptors (Lipinski definition) is 3. The molecular formula is C16H17BrN2O3. The van der Waals surface area contributed by atoms with Crippen LogP contribution in [0.5, 0.6) is 0 Å². The molecule has 5 nitrogen and oxygen atoms in total. The van der Waals surface area contributed by atoms with Gasteiger partial charge in [0, 0.05) is 17.4 Å². The van der Waals surface area contributed by atoms with Gasteiger partial charge in [-0.25, -0.2) is 0 Å². The summed E-state index contributed by atoms with van der Waals surface area (Å²) in [6.45, 7) is 2.40. The number of benzene rings is 1. The first kappa shape index (κ1) is 16.3. The molecule has 0 radical (unpaired) electrons. The van der Waals surface area contributed by atoms with Gasteiger partial charge in [-0.1, -0.05) is 6.07 Å². The van der Waals surface area contributed by atoms with E-state index in [2.05, 4.69) is 26.6 Å². The fourth-order valence-corrected chi connectivity index (χ4v) is 2.47.